The van der Waals surface area contributed by atoms with Crippen molar-refractivity contribution in [2.24, 2.45) is 5.92 Å². The number of alkyl carbamates (subject to hydrolysis) is 1. The fourth-order valence-electron chi connectivity index (χ4n) is 2.53. The molecule has 0 aromatic heterocycles. The minimum absolute atomic E-state index is 0.0855. The zero-order valence-corrected chi connectivity index (χ0v) is 17.1. The Morgan fingerprint density at radius 1 is 1.03 bits per heavy atom. The van der Waals surface area contributed by atoms with Gasteiger partial charge in [-0.3, -0.25) is 4.79 Å². The normalized spacial score (nSPS) is 12.5. The van der Waals surface area contributed by atoms with Crippen molar-refractivity contribution in [2.45, 2.75) is 32.9 Å². The Morgan fingerprint density at radius 3 is 2.41 bits per heavy atom. The van der Waals surface area contributed by atoms with Crippen LogP contribution >= 0.6 is 11.6 Å². The van der Waals surface area contributed by atoms with Gasteiger partial charge in [0.1, 0.15) is 12.6 Å². The molecule has 0 fully saturated rings. The average molecular weight is 418 g/mol. The molecule has 2 aromatic carbocycles. The maximum atomic E-state index is 12.5. The van der Waals surface area contributed by atoms with Gasteiger partial charge in [-0.25, -0.2) is 9.59 Å². The summed E-state index contributed by atoms with van der Waals surface area (Å²) in [6, 6.07) is 14.7. The Labute approximate surface area is 175 Å². The summed E-state index contributed by atoms with van der Waals surface area (Å²) in [4.78, 5) is 36.8. The van der Waals surface area contributed by atoms with E-state index < -0.39 is 24.7 Å². The number of carbonyl (C=O) groups is 3. The Morgan fingerprint density at radius 2 is 1.76 bits per heavy atom. The predicted octanol–water partition coefficient (Wildman–Crippen LogP) is 4.41. The first-order valence-corrected chi connectivity index (χ1v) is 9.71. The van der Waals surface area contributed by atoms with E-state index in [0.717, 1.165) is 5.56 Å². The lowest BCUT2D eigenvalue weighted by Crippen LogP contribution is -2.46. The smallest absolute Gasteiger partial charge is 0.408 e. The van der Waals surface area contributed by atoms with Crippen molar-refractivity contribution in [1.29, 1.82) is 0 Å². The zero-order valence-electron chi connectivity index (χ0n) is 16.4. The van der Waals surface area contributed by atoms with E-state index in [9.17, 15) is 14.4 Å². The van der Waals surface area contributed by atoms with Gasteiger partial charge < -0.3 is 14.8 Å². The zero-order chi connectivity index (χ0) is 21.2. The quantitative estimate of drug-likeness (QED) is 0.482. The lowest BCUT2D eigenvalue weighted by atomic mass is 9.99. The molecule has 0 radical (unpaired) electrons. The van der Waals surface area contributed by atoms with E-state index in [0.29, 0.717) is 17.0 Å². The summed E-state index contributed by atoms with van der Waals surface area (Å²) in [5.41, 5.74) is 1.18. The van der Waals surface area contributed by atoms with Crippen LogP contribution in [0.2, 0.25) is 5.02 Å². The monoisotopic (exact) mass is 417 g/mol. The maximum Gasteiger partial charge on any atom is 0.408 e. The number of amides is 1. The molecule has 0 aliphatic rings. The molecule has 2 rings (SSSR count). The van der Waals surface area contributed by atoms with Gasteiger partial charge in [0.25, 0.3) is 0 Å². The van der Waals surface area contributed by atoms with Crippen LogP contribution in [0.4, 0.5) is 4.79 Å². The third-order valence-corrected chi connectivity index (χ3v) is 4.68. The predicted molar refractivity (Wildman–Crippen MR) is 110 cm³/mol. The van der Waals surface area contributed by atoms with Crippen LogP contribution in [-0.2, 0) is 20.9 Å². The number of Topliss-reactive ketones (excluding diaryl/α,β-unsaturated/α-hetero) is 1. The number of rotatable bonds is 9. The van der Waals surface area contributed by atoms with Crippen LogP contribution < -0.4 is 5.32 Å². The van der Waals surface area contributed by atoms with Crippen LogP contribution in [0.3, 0.4) is 0 Å². The molecular weight excluding hydrogens is 394 g/mol. The van der Waals surface area contributed by atoms with Gasteiger partial charge in [0.2, 0.25) is 0 Å². The van der Waals surface area contributed by atoms with Crippen molar-refractivity contribution in [3.63, 3.8) is 0 Å². The molecule has 6 nitrogen and oxygen atoms in total. The van der Waals surface area contributed by atoms with Gasteiger partial charge in [-0.15, -0.1) is 0 Å². The van der Waals surface area contributed by atoms with E-state index >= 15 is 0 Å². The molecule has 1 amide bonds. The number of benzene rings is 2. The van der Waals surface area contributed by atoms with Crippen molar-refractivity contribution in [3.05, 3.63) is 70.7 Å². The standard InChI is InChI=1S/C22H24ClNO5/c1-3-15(2)20(24-22(27)29-13-16-8-5-4-6-9-16)21(26)28-14-19(25)17-10-7-11-18(23)12-17/h4-12,15,20H,3,13-14H2,1-2H3,(H,24,27)/t15-,20-/m0/s1. The number of nitrogens with one attached hydrogen (secondary N) is 1. The third-order valence-electron chi connectivity index (χ3n) is 4.45. The molecule has 154 valence electrons. The van der Waals surface area contributed by atoms with Gasteiger partial charge in [-0.2, -0.15) is 0 Å². The van der Waals surface area contributed by atoms with Crippen LogP contribution in [0, 0.1) is 5.92 Å². The largest absolute Gasteiger partial charge is 0.456 e. The number of esters is 1. The van der Waals surface area contributed by atoms with Crippen LogP contribution in [-0.4, -0.2) is 30.5 Å². The highest BCUT2D eigenvalue weighted by molar-refractivity contribution is 6.31. The number of halogens is 1. The molecule has 2 atom stereocenters. The van der Waals surface area contributed by atoms with E-state index in [-0.39, 0.29) is 18.3 Å². The Bertz CT molecular complexity index is 840. The number of ketones is 1. The van der Waals surface area contributed by atoms with Crippen LogP contribution in [0.15, 0.2) is 54.6 Å². The van der Waals surface area contributed by atoms with E-state index in [2.05, 4.69) is 5.32 Å². The number of hydrogen-bond donors (Lipinski definition) is 1. The molecule has 0 spiro atoms. The fraction of sp³-hybridized carbons (Fsp3) is 0.318. The second-order valence-corrected chi connectivity index (χ2v) is 7.05. The highest BCUT2D eigenvalue weighted by Gasteiger charge is 2.28. The minimum Gasteiger partial charge on any atom is -0.456 e. The second kappa shape index (κ2) is 11.2. The van der Waals surface area contributed by atoms with Crippen LogP contribution in [0.25, 0.3) is 0 Å². The summed E-state index contributed by atoms with van der Waals surface area (Å²) in [5, 5.41) is 2.96. The fourth-order valence-corrected chi connectivity index (χ4v) is 2.72. The van der Waals surface area contributed by atoms with Crippen molar-refractivity contribution < 1.29 is 23.9 Å². The number of carbonyl (C=O) groups excluding carboxylic acids is 3. The highest BCUT2D eigenvalue weighted by Crippen LogP contribution is 2.13. The Balaban J connectivity index is 1.91. The summed E-state index contributed by atoms with van der Waals surface area (Å²) in [6.07, 6.45) is -0.0988. The van der Waals surface area contributed by atoms with Crippen molar-refractivity contribution in [1.82, 2.24) is 5.32 Å². The molecule has 1 N–H and O–H groups in total. The van der Waals surface area contributed by atoms with Crippen molar-refractivity contribution in [2.75, 3.05) is 6.61 Å². The molecule has 0 heterocycles. The topological polar surface area (TPSA) is 81.7 Å². The van der Waals surface area contributed by atoms with E-state index in [4.69, 9.17) is 21.1 Å². The lowest BCUT2D eigenvalue weighted by molar-refractivity contribution is -0.146. The molecule has 0 saturated carbocycles. The summed E-state index contributed by atoms with van der Waals surface area (Å²) >= 11 is 5.87. The third kappa shape index (κ3) is 7.23. The summed E-state index contributed by atoms with van der Waals surface area (Å²) in [5.74, 6) is -1.27. The molecular formula is C22H24ClNO5. The molecule has 0 unspecified atom stereocenters. The minimum atomic E-state index is -0.921. The van der Waals surface area contributed by atoms with Gasteiger partial charge in [-0.05, 0) is 23.6 Å². The van der Waals surface area contributed by atoms with Gasteiger partial charge in [0.15, 0.2) is 12.4 Å². The van der Waals surface area contributed by atoms with Gasteiger partial charge in [0, 0.05) is 10.6 Å². The lowest BCUT2D eigenvalue weighted by Gasteiger charge is -2.22. The maximum absolute atomic E-state index is 12.5. The van der Waals surface area contributed by atoms with Gasteiger partial charge in [0.05, 0.1) is 0 Å². The van der Waals surface area contributed by atoms with Crippen LogP contribution in [0.1, 0.15) is 36.2 Å². The van der Waals surface area contributed by atoms with E-state index in [1.54, 1.807) is 18.2 Å². The second-order valence-electron chi connectivity index (χ2n) is 6.61. The van der Waals surface area contributed by atoms with E-state index in [1.807, 2.05) is 44.2 Å². The van der Waals surface area contributed by atoms with Crippen LogP contribution in [0.5, 0.6) is 0 Å². The number of hydrogen-bond acceptors (Lipinski definition) is 5. The summed E-state index contributed by atoms with van der Waals surface area (Å²) in [7, 11) is 0. The Hall–Kier alpha value is -2.86. The Kier molecular flexibility index (Phi) is 8.68. The van der Waals surface area contributed by atoms with Gasteiger partial charge >= 0.3 is 12.1 Å². The summed E-state index contributed by atoms with van der Waals surface area (Å²) < 4.78 is 10.3. The molecule has 7 heteroatoms. The molecule has 2 aromatic rings. The molecule has 0 bridgehead atoms. The summed E-state index contributed by atoms with van der Waals surface area (Å²) in [6.45, 7) is 3.34. The molecule has 29 heavy (non-hydrogen) atoms. The first kappa shape index (κ1) is 22.4. The van der Waals surface area contributed by atoms with E-state index in [1.165, 1.54) is 6.07 Å². The first-order chi connectivity index (χ1) is 13.9. The SMILES string of the molecule is CC[C@H](C)[C@H](NC(=O)OCc1ccccc1)C(=O)OCC(=O)c1cccc(Cl)c1. The number of ether oxygens (including phenoxy) is 2. The average Bonchev–Trinajstić information content (AvgIpc) is 2.74. The van der Waals surface area contributed by atoms with Crippen molar-refractivity contribution in [3.8, 4) is 0 Å². The van der Waals surface area contributed by atoms with Gasteiger partial charge in [-0.1, -0.05) is 74.3 Å². The molecule has 0 aliphatic carbocycles. The molecule has 0 aliphatic heterocycles. The highest BCUT2D eigenvalue weighted by atomic mass is 35.5. The van der Waals surface area contributed by atoms with Crippen molar-refractivity contribution >= 4 is 29.4 Å². The molecule has 0 saturated heterocycles. The first-order valence-electron chi connectivity index (χ1n) is 9.33.